The maximum atomic E-state index is 11.2. The van der Waals surface area contributed by atoms with Crippen LogP contribution in [0.25, 0.3) is 0 Å². The fourth-order valence-corrected chi connectivity index (χ4v) is 1.56. The molecule has 0 aromatic carbocycles. The standard InChI is InChI=1S/C9H14O/c1-2-5-9(10)8-6-3-4-7-8/h2,8H,1,3-7H2. The summed E-state index contributed by atoms with van der Waals surface area (Å²) in [5.41, 5.74) is 0. The average Bonchev–Trinajstić information content (AvgIpc) is 2.38. The fraction of sp³-hybridized carbons (Fsp3) is 0.667. The van der Waals surface area contributed by atoms with Gasteiger partial charge >= 0.3 is 0 Å². The predicted molar refractivity (Wildman–Crippen MR) is 41.8 cm³/mol. The Balaban J connectivity index is 2.32. The van der Waals surface area contributed by atoms with Gasteiger partial charge < -0.3 is 0 Å². The smallest absolute Gasteiger partial charge is 0.139 e. The first-order valence-corrected chi connectivity index (χ1v) is 3.98. The van der Waals surface area contributed by atoms with Crippen molar-refractivity contribution >= 4 is 5.78 Å². The molecular formula is C9H14O. The Bertz CT molecular complexity index is 132. The van der Waals surface area contributed by atoms with Crippen molar-refractivity contribution in [2.75, 3.05) is 0 Å². The van der Waals surface area contributed by atoms with E-state index >= 15 is 0 Å². The first-order valence-electron chi connectivity index (χ1n) is 3.98. The summed E-state index contributed by atoms with van der Waals surface area (Å²) in [6, 6.07) is 0. The number of carbonyl (C=O) groups is 1. The first-order chi connectivity index (χ1) is 4.84. The molecule has 0 radical (unpaired) electrons. The molecule has 0 atom stereocenters. The molecule has 10 heavy (non-hydrogen) atoms. The van der Waals surface area contributed by atoms with Crippen LogP contribution >= 0.6 is 0 Å². The molecule has 56 valence electrons. The highest BCUT2D eigenvalue weighted by atomic mass is 16.1. The van der Waals surface area contributed by atoms with Crippen molar-refractivity contribution < 1.29 is 4.79 Å². The van der Waals surface area contributed by atoms with Crippen LogP contribution in [0.2, 0.25) is 0 Å². The summed E-state index contributed by atoms with van der Waals surface area (Å²) in [5, 5.41) is 0. The van der Waals surface area contributed by atoms with E-state index in [0.717, 1.165) is 12.8 Å². The van der Waals surface area contributed by atoms with Crippen molar-refractivity contribution in [3.05, 3.63) is 12.7 Å². The van der Waals surface area contributed by atoms with Gasteiger partial charge in [0.1, 0.15) is 5.78 Å². The summed E-state index contributed by atoms with van der Waals surface area (Å²) < 4.78 is 0. The van der Waals surface area contributed by atoms with Crippen molar-refractivity contribution in [1.82, 2.24) is 0 Å². The van der Waals surface area contributed by atoms with Gasteiger partial charge in [-0.25, -0.2) is 0 Å². The van der Waals surface area contributed by atoms with Gasteiger partial charge in [0, 0.05) is 12.3 Å². The van der Waals surface area contributed by atoms with Crippen molar-refractivity contribution in [2.45, 2.75) is 32.1 Å². The molecule has 0 amide bonds. The van der Waals surface area contributed by atoms with E-state index in [2.05, 4.69) is 6.58 Å². The Labute approximate surface area is 62.1 Å². The molecule has 1 nitrogen and oxygen atoms in total. The molecule has 1 aliphatic rings. The van der Waals surface area contributed by atoms with Crippen LogP contribution in [-0.4, -0.2) is 5.78 Å². The van der Waals surface area contributed by atoms with Gasteiger partial charge in [0.05, 0.1) is 0 Å². The number of hydrogen-bond donors (Lipinski definition) is 0. The predicted octanol–water partition coefficient (Wildman–Crippen LogP) is 2.32. The van der Waals surface area contributed by atoms with Crippen LogP contribution in [0.5, 0.6) is 0 Å². The number of carbonyl (C=O) groups excluding carboxylic acids is 1. The third-order valence-corrected chi connectivity index (χ3v) is 2.16. The second kappa shape index (κ2) is 3.55. The van der Waals surface area contributed by atoms with Crippen molar-refractivity contribution in [1.29, 1.82) is 0 Å². The molecule has 1 saturated carbocycles. The molecule has 0 N–H and O–H groups in total. The van der Waals surface area contributed by atoms with E-state index < -0.39 is 0 Å². The van der Waals surface area contributed by atoms with Crippen molar-refractivity contribution in [3.63, 3.8) is 0 Å². The van der Waals surface area contributed by atoms with Gasteiger partial charge in [0.15, 0.2) is 0 Å². The SMILES string of the molecule is C=CCC(=O)C1CCCC1. The highest BCUT2D eigenvalue weighted by Gasteiger charge is 2.20. The van der Waals surface area contributed by atoms with Crippen LogP contribution in [-0.2, 0) is 4.79 Å². The van der Waals surface area contributed by atoms with Gasteiger partial charge in [-0.2, -0.15) is 0 Å². The topological polar surface area (TPSA) is 17.1 Å². The normalized spacial score (nSPS) is 19.2. The van der Waals surface area contributed by atoms with E-state index in [1.54, 1.807) is 6.08 Å². The van der Waals surface area contributed by atoms with Crippen molar-refractivity contribution in [3.8, 4) is 0 Å². The fourth-order valence-electron chi connectivity index (χ4n) is 1.56. The zero-order valence-electron chi connectivity index (χ0n) is 6.31. The third-order valence-electron chi connectivity index (χ3n) is 2.16. The number of rotatable bonds is 3. The molecular weight excluding hydrogens is 124 g/mol. The highest BCUT2D eigenvalue weighted by Crippen LogP contribution is 2.26. The summed E-state index contributed by atoms with van der Waals surface area (Å²) in [6.45, 7) is 3.55. The van der Waals surface area contributed by atoms with Crippen LogP contribution in [0.15, 0.2) is 12.7 Å². The number of allylic oxidation sites excluding steroid dienone is 1. The lowest BCUT2D eigenvalue weighted by Crippen LogP contribution is -2.08. The van der Waals surface area contributed by atoms with E-state index in [1.807, 2.05) is 0 Å². The zero-order chi connectivity index (χ0) is 7.40. The monoisotopic (exact) mass is 138 g/mol. The summed E-state index contributed by atoms with van der Waals surface area (Å²) in [5.74, 6) is 0.769. The van der Waals surface area contributed by atoms with Gasteiger partial charge in [0.25, 0.3) is 0 Å². The Hall–Kier alpha value is -0.590. The highest BCUT2D eigenvalue weighted by molar-refractivity contribution is 5.82. The summed E-state index contributed by atoms with van der Waals surface area (Å²) >= 11 is 0. The van der Waals surface area contributed by atoms with Gasteiger partial charge in [-0.15, -0.1) is 6.58 Å². The summed E-state index contributed by atoms with van der Waals surface area (Å²) in [6.07, 6.45) is 7.01. The molecule has 0 heterocycles. The Kier molecular flexibility index (Phi) is 2.67. The molecule has 0 bridgehead atoms. The second-order valence-corrected chi connectivity index (χ2v) is 2.94. The minimum atomic E-state index is 0.373. The molecule has 1 aliphatic carbocycles. The quantitative estimate of drug-likeness (QED) is 0.547. The molecule has 0 spiro atoms. The molecule has 0 unspecified atom stereocenters. The number of ketones is 1. The van der Waals surface area contributed by atoms with Crippen LogP contribution < -0.4 is 0 Å². The Morgan fingerprint density at radius 3 is 2.60 bits per heavy atom. The second-order valence-electron chi connectivity index (χ2n) is 2.94. The Morgan fingerprint density at radius 2 is 2.10 bits per heavy atom. The van der Waals surface area contributed by atoms with E-state index in [1.165, 1.54) is 12.8 Å². The van der Waals surface area contributed by atoms with Gasteiger partial charge in [0.2, 0.25) is 0 Å². The lowest BCUT2D eigenvalue weighted by atomic mass is 10.0. The van der Waals surface area contributed by atoms with Gasteiger partial charge in [-0.3, -0.25) is 4.79 Å². The summed E-state index contributed by atoms with van der Waals surface area (Å²) in [4.78, 5) is 11.2. The van der Waals surface area contributed by atoms with Crippen LogP contribution in [0.3, 0.4) is 0 Å². The minimum absolute atomic E-state index is 0.373. The number of hydrogen-bond acceptors (Lipinski definition) is 1. The van der Waals surface area contributed by atoms with Crippen LogP contribution in [0.4, 0.5) is 0 Å². The molecule has 0 aliphatic heterocycles. The molecule has 0 aromatic rings. The van der Waals surface area contributed by atoms with Gasteiger partial charge in [-0.1, -0.05) is 18.9 Å². The third kappa shape index (κ3) is 1.69. The number of Topliss-reactive ketones (excluding diaryl/α,β-unsaturated/α-hetero) is 1. The molecule has 0 saturated heterocycles. The minimum Gasteiger partial charge on any atom is -0.299 e. The largest absolute Gasteiger partial charge is 0.299 e. The van der Waals surface area contributed by atoms with Crippen LogP contribution in [0.1, 0.15) is 32.1 Å². The van der Waals surface area contributed by atoms with E-state index in [-0.39, 0.29) is 0 Å². The maximum absolute atomic E-state index is 11.2. The molecule has 1 fully saturated rings. The zero-order valence-corrected chi connectivity index (χ0v) is 6.31. The Morgan fingerprint density at radius 1 is 1.50 bits per heavy atom. The van der Waals surface area contributed by atoms with Crippen LogP contribution in [0, 0.1) is 5.92 Å². The lowest BCUT2D eigenvalue weighted by Gasteiger charge is -2.03. The summed E-state index contributed by atoms with van der Waals surface area (Å²) in [7, 11) is 0. The van der Waals surface area contributed by atoms with Crippen molar-refractivity contribution in [2.24, 2.45) is 5.92 Å². The molecule has 1 heteroatoms. The average molecular weight is 138 g/mol. The lowest BCUT2D eigenvalue weighted by molar-refractivity contribution is -0.121. The van der Waals surface area contributed by atoms with E-state index in [9.17, 15) is 4.79 Å². The first kappa shape index (κ1) is 7.52. The maximum Gasteiger partial charge on any atom is 0.139 e. The van der Waals surface area contributed by atoms with E-state index in [4.69, 9.17) is 0 Å². The van der Waals surface area contributed by atoms with Gasteiger partial charge in [-0.05, 0) is 12.8 Å². The molecule has 0 aromatic heterocycles. The molecule has 1 rings (SSSR count). The van der Waals surface area contributed by atoms with E-state index in [0.29, 0.717) is 18.1 Å².